The zero-order valence-corrected chi connectivity index (χ0v) is 7.38. The summed E-state index contributed by atoms with van der Waals surface area (Å²) in [7, 11) is 0. The molecular formula is C10H14O2. The van der Waals surface area contributed by atoms with E-state index in [-0.39, 0.29) is 11.7 Å². The molecule has 2 aliphatic carbocycles. The molecule has 0 aliphatic heterocycles. The summed E-state index contributed by atoms with van der Waals surface area (Å²) >= 11 is 0. The van der Waals surface area contributed by atoms with Gasteiger partial charge in [-0.25, -0.2) is 0 Å². The highest BCUT2D eigenvalue weighted by atomic mass is 16.1. The highest BCUT2D eigenvalue weighted by Crippen LogP contribution is 2.47. The number of carbonyl (C=O) groups is 2. The molecule has 2 heteroatoms. The third-order valence-corrected chi connectivity index (χ3v) is 3.32. The second-order valence-corrected chi connectivity index (χ2v) is 4.19. The van der Waals surface area contributed by atoms with Crippen LogP contribution in [0.15, 0.2) is 0 Å². The standard InChI is InChI=1S/C10H14O2/c1-6(11)4-9-7-2-3-8(5-7)10(9)12/h7-9H,2-5H2,1H3/t7-,8+,9+/m1/s1. The molecule has 0 aromatic carbocycles. The topological polar surface area (TPSA) is 34.1 Å². The Morgan fingerprint density at radius 2 is 2.25 bits per heavy atom. The van der Waals surface area contributed by atoms with Gasteiger partial charge in [-0.2, -0.15) is 0 Å². The Labute approximate surface area is 72.3 Å². The van der Waals surface area contributed by atoms with Gasteiger partial charge in [0.15, 0.2) is 0 Å². The van der Waals surface area contributed by atoms with Gasteiger partial charge in [0, 0.05) is 18.3 Å². The Kier molecular flexibility index (Phi) is 1.78. The van der Waals surface area contributed by atoms with E-state index in [1.807, 2.05) is 0 Å². The normalized spacial score (nSPS) is 39.1. The Bertz CT molecular complexity index is 232. The average Bonchev–Trinajstić information content (AvgIpc) is 2.53. The lowest BCUT2D eigenvalue weighted by molar-refractivity contribution is -0.129. The van der Waals surface area contributed by atoms with Crippen LogP contribution in [0.25, 0.3) is 0 Å². The SMILES string of the molecule is CC(=O)C[C@@H]1C(=O)[C@H]2CC[C@@H]1C2. The van der Waals surface area contributed by atoms with Crippen molar-refractivity contribution in [2.24, 2.45) is 17.8 Å². The van der Waals surface area contributed by atoms with Crippen molar-refractivity contribution in [1.82, 2.24) is 0 Å². The van der Waals surface area contributed by atoms with E-state index in [1.54, 1.807) is 6.92 Å². The van der Waals surface area contributed by atoms with Crippen molar-refractivity contribution in [2.45, 2.75) is 32.6 Å². The molecule has 0 heterocycles. The van der Waals surface area contributed by atoms with Gasteiger partial charge in [0.25, 0.3) is 0 Å². The van der Waals surface area contributed by atoms with Gasteiger partial charge < -0.3 is 4.79 Å². The maximum atomic E-state index is 11.6. The molecule has 0 N–H and O–H groups in total. The van der Waals surface area contributed by atoms with E-state index >= 15 is 0 Å². The molecule has 0 aromatic heterocycles. The van der Waals surface area contributed by atoms with Crippen LogP contribution in [-0.4, -0.2) is 11.6 Å². The molecule has 0 aromatic rings. The number of hydrogen-bond acceptors (Lipinski definition) is 2. The fourth-order valence-electron chi connectivity index (χ4n) is 2.75. The molecule has 2 bridgehead atoms. The van der Waals surface area contributed by atoms with E-state index in [1.165, 1.54) is 6.42 Å². The van der Waals surface area contributed by atoms with Crippen LogP contribution in [0.5, 0.6) is 0 Å². The Hall–Kier alpha value is -0.660. The lowest BCUT2D eigenvalue weighted by atomic mass is 9.84. The third kappa shape index (κ3) is 1.10. The summed E-state index contributed by atoms with van der Waals surface area (Å²) in [6.07, 6.45) is 3.82. The number of fused-ring (bicyclic) bond motifs is 2. The van der Waals surface area contributed by atoms with Crippen LogP contribution in [0.3, 0.4) is 0 Å². The molecule has 12 heavy (non-hydrogen) atoms. The number of Topliss-reactive ketones (excluding diaryl/α,β-unsaturated/α-hetero) is 2. The molecule has 66 valence electrons. The second-order valence-electron chi connectivity index (χ2n) is 4.19. The molecule has 0 saturated heterocycles. The minimum Gasteiger partial charge on any atom is -0.300 e. The van der Waals surface area contributed by atoms with Gasteiger partial charge in [0.1, 0.15) is 11.6 Å². The summed E-state index contributed by atoms with van der Waals surface area (Å²) in [6.45, 7) is 1.58. The van der Waals surface area contributed by atoms with Crippen molar-refractivity contribution in [3.05, 3.63) is 0 Å². The van der Waals surface area contributed by atoms with E-state index in [4.69, 9.17) is 0 Å². The molecule has 0 radical (unpaired) electrons. The molecule has 2 fully saturated rings. The lowest BCUT2D eigenvalue weighted by Gasteiger charge is -2.18. The van der Waals surface area contributed by atoms with Crippen LogP contribution in [0.4, 0.5) is 0 Å². The van der Waals surface area contributed by atoms with Gasteiger partial charge in [-0.15, -0.1) is 0 Å². The summed E-state index contributed by atoms with van der Waals surface area (Å²) in [5.74, 6) is 1.51. The lowest BCUT2D eigenvalue weighted by Crippen LogP contribution is -2.23. The predicted octanol–water partition coefficient (Wildman–Crippen LogP) is 1.58. The van der Waals surface area contributed by atoms with Crippen molar-refractivity contribution in [3.63, 3.8) is 0 Å². The van der Waals surface area contributed by atoms with Crippen molar-refractivity contribution in [3.8, 4) is 0 Å². The zero-order valence-electron chi connectivity index (χ0n) is 7.38. The van der Waals surface area contributed by atoms with Gasteiger partial charge in [0.2, 0.25) is 0 Å². The van der Waals surface area contributed by atoms with Gasteiger partial charge in [0.05, 0.1) is 0 Å². The number of hydrogen-bond donors (Lipinski definition) is 0. The quantitative estimate of drug-likeness (QED) is 0.624. The van der Waals surface area contributed by atoms with Crippen LogP contribution in [-0.2, 0) is 9.59 Å². The highest BCUT2D eigenvalue weighted by Gasteiger charge is 2.46. The average molecular weight is 166 g/mol. The predicted molar refractivity (Wildman–Crippen MR) is 44.6 cm³/mol. The zero-order chi connectivity index (χ0) is 8.72. The Morgan fingerprint density at radius 3 is 2.75 bits per heavy atom. The first kappa shape index (κ1) is 7.96. The monoisotopic (exact) mass is 166 g/mol. The smallest absolute Gasteiger partial charge is 0.139 e. The van der Waals surface area contributed by atoms with E-state index in [0.29, 0.717) is 24.0 Å². The first-order valence-electron chi connectivity index (χ1n) is 4.71. The summed E-state index contributed by atoms with van der Waals surface area (Å²) < 4.78 is 0. The van der Waals surface area contributed by atoms with Gasteiger partial charge in [-0.05, 0) is 32.1 Å². The van der Waals surface area contributed by atoms with E-state index in [2.05, 4.69) is 0 Å². The fourth-order valence-corrected chi connectivity index (χ4v) is 2.75. The van der Waals surface area contributed by atoms with Crippen molar-refractivity contribution >= 4 is 11.6 Å². The van der Waals surface area contributed by atoms with Crippen molar-refractivity contribution in [2.75, 3.05) is 0 Å². The molecule has 2 rings (SSSR count). The number of ketones is 2. The van der Waals surface area contributed by atoms with E-state index < -0.39 is 0 Å². The minimum absolute atomic E-state index is 0.0984. The maximum Gasteiger partial charge on any atom is 0.139 e. The van der Waals surface area contributed by atoms with Gasteiger partial charge in [-0.1, -0.05) is 0 Å². The molecule has 0 unspecified atom stereocenters. The number of carbonyl (C=O) groups excluding carboxylic acids is 2. The molecule has 2 nitrogen and oxygen atoms in total. The molecule has 3 atom stereocenters. The minimum atomic E-state index is 0.0984. The second kappa shape index (κ2) is 2.68. The Morgan fingerprint density at radius 1 is 1.50 bits per heavy atom. The molecule has 2 saturated carbocycles. The summed E-state index contributed by atoms with van der Waals surface area (Å²) in [5.41, 5.74) is 0. The largest absolute Gasteiger partial charge is 0.300 e. The van der Waals surface area contributed by atoms with Crippen molar-refractivity contribution < 1.29 is 9.59 Å². The van der Waals surface area contributed by atoms with Crippen LogP contribution < -0.4 is 0 Å². The number of rotatable bonds is 2. The third-order valence-electron chi connectivity index (χ3n) is 3.32. The molecule has 0 spiro atoms. The highest BCUT2D eigenvalue weighted by molar-refractivity contribution is 5.91. The van der Waals surface area contributed by atoms with E-state index in [9.17, 15) is 9.59 Å². The van der Waals surface area contributed by atoms with E-state index in [0.717, 1.165) is 12.8 Å². The summed E-state index contributed by atoms with van der Waals surface area (Å²) in [4.78, 5) is 22.4. The first-order valence-corrected chi connectivity index (χ1v) is 4.71. The van der Waals surface area contributed by atoms with Crippen LogP contribution >= 0.6 is 0 Å². The van der Waals surface area contributed by atoms with Gasteiger partial charge in [-0.3, -0.25) is 4.79 Å². The first-order chi connectivity index (χ1) is 5.68. The molecule has 0 amide bonds. The summed E-state index contributed by atoms with van der Waals surface area (Å²) in [6, 6.07) is 0. The van der Waals surface area contributed by atoms with Crippen LogP contribution in [0.1, 0.15) is 32.6 Å². The van der Waals surface area contributed by atoms with Crippen LogP contribution in [0.2, 0.25) is 0 Å². The van der Waals surface area contributed by atoms with Crippen LogP contribution in [0, 0.1) is 17.8 Å². The van der Waals surface area contributed by atoms with Gasteiger partial charge >= 0.3 is 0 Å². The fraction of sp³-hybridized carbons (Fsp3) is 0.800. The Balaban J connectivity index is 2.07. The maximum absolute atomic E-state index is 11.6. The summed E-state index contributed by atoms with van der Waals surface area (Å²) in [5, 5.41) is 0. The van der Waals surface area contributed by atoms with Crippen molar-refractivity contribution in [1.29, 1.82) is 0 Å². The molecule has 2 aliphatic rings. The molecular weight excluding hydrogens is 152 g/mol.